The quantitative estimate of drug-likeness (QED) is 0.771. The summed E-state index contributed by atoms with van der Waals surface area (Å²) in [5.41, 5.74) is 1.04. The summed E-state index contributed by atoms with van der Waals surface area (Å²) in [6.45, 7) is 4.31. The van der Waals surface area contributed by atoms with Crippen molar-refractivity contribution in [3.8, 4) is 0 Å². The van der Waals surface area contributed by atoms with Crippen LogP contribution in [0.25, 0.3) is 0 Å². The van der Waals surface area contributed by atoms with E-state index < -0.39 is 12.2 Å². The zero-order chi connectivity index (χ0) is 13.4. The van der Waals surface area contributed by atoms with Crippen LogP contribution in [0.1, 0.15) is 25.8 Å². The molecule has 1 aromatic carbocycles. The minimum Gasteiger partial charge on any atom is -0.393 e. The fraction of sp³-hybridized carbons (Fsp3) is 0.500. The molecule has 4 heteroatoms. The number of amides is 1. The molecule has 0 aliphatic rings. The van der Waals surface area contributed by atoms with Crippen LogP contribution in [0.3, 0.4) is 0 Å². The third-order valence-corrected chi connectivity index (χ3v) is 2.57. The van der Waals surface area contributed by atoms with Gasteiger partial charge in [0.2, 0.25) is 5.91 Å². The van der Waals surface area contributed by atoms with Gasteiger partial charge in [-0.25, -0.2) is 0 Å². The fourth-order valence-corrected chi connectivity index (χ4v) is 1.42. The van der Waals surface area contributed by atoms with E-state index in [4.69, 9.17) is 9.84 Å². The van der Waals surface area contributed by atoms with E-state index in [0.717, 1.165) is 5.56 Å². The van der Waals surface area contributed by atoms with E-state index in [9.17, 15) is 4.79 Å². The Morgan fingerprint density at radius 2 is 2.00 bits per heavy atom. The highest BCUT2D eigenvalue weighted by molar-refractivity contribution is 5.80. The molecule has 100 valence electrons. The van der Waals surface area contributed by atoms with Crippen LogP contribution in [0.5, 0.6) is 0 Å². The topological polar surface area (TPSA) is 58.6 Å². The molecule has 0 bridgehead atoms. The van der Waals surface area contributed by atoms with Gasteiger partial charge in [0.1, 0.15) is 6.10 Å². The summed E-state index contributed by atoms with van der Waals surface area (Å²) in [5, 5.41) is 11.8. The summed E-state index contributed by atoms with van der Waals surface area (Å²) in [5.74, 6) is -0.147. The number of benzene rings is 1. The lowest BCUT2D eigenvalue weighted by Gasteiger charge is -2.13. The Hall–Kier alpha value is -1.39. The third-order valence-electron chi connectivity index (χ3n) is 2.57. The molecule has 18 heavy (non-hydrogen) atoms. The van der Waals surface area contributed by atoms with Gasteiger partial charge in [0.15, 0.2) is 0 Å². The SMILES string of the molecule is CC(O)CCNC(=O)C(C)OCc1ccccc1. The first-order valence-electron chi connectivity index (χ1n) is 6.21. The second-order valence-corrected chi connectivity index (χ2v) is 4.37. The molecule has 0 aliphatic heterocycles. The van der Waals surface area contributed by atoms with Crippen LogP contribution in [0.4, 0.5) is 0 Å². The van der Waals surface area contributed by atoms with Gasteiger partial charge in [0, 0.05) is 6.54 Å². The van der Waals surface area contributed by atoms with E-state index in [1.54, 1.807) is 13.8 Å². The van der Waals surface area contributed by atoms with E-state index in [1.165, 1.54) is 0 Å². The van der Waals surface area contributed by atoms with Crippen LogP contribution in [-0.4, -0.2) is 29.8 Å². The second kappa shape index (κ2) is 7.84. The van der Waals surface area contributed by atoms with Crippen LogP contribution in [-0.2, 0) is 16.1 Å². The smallest absolute Gasteiger partial charge is 0.248 e. The minimum absolute atomic E-state index is 0.147. The molecule has 0 saturated heterocycles. The average molecular weight is 251 g/mol. The van der Waals surface area contributed by atoms with Crippen LogP contribution in [0, 0.1) is 0 Å². The van der Waals surface area contributed by atoms with Crippen LogP contribution in [0.15, 0.2) is 30.3 Å². The Labute approximate surface area is 108 Å². The highest BCUT2D eigenvalue weighted by Gasteiger charge is 2.12. The number of aliphatic hydroxyl groups is 1. The van der Waals surface area contributed by atoms with E-state index in [0.29, 0.717) is 19.6 Å². The Morgan fingerprint density at radius 3 is 2.61 bits per heavy atom. The predicted molar refractivity (Wildman–Crippen MR) is 70.0 cm³/mol. The molecule has 0 spiro atoms. The average Bonchev–Trinajstić information content (AvgIpc) is 2.36. The first-order valence-corrected chi connectivity index (χ1v) is 6.21. The maximum Gasteiger partial charge on any atom is 0.248 e. The molecule has 2 N–H and O–H groups in total. The lowest BCUT2D eigenvalue weighted by Crippen LogP contribution is -2.35. The molecule has 0 aliphatic carbocycles. The highest BCUT2D eigenvalue weighted by atomic mass is 16.5. The summed E-state index contributed by atoms with van der Waals surface area (Å²) in [6, 6.07) is 9.73. The van der Waals surface area contributed by atoms with E-state index in [-0.39, 0.29) is 5.91 Å². The molecule has 2 unspecified atom stereocenters. The highest BCUT2D eigenvalue weighted by Crippen LogP contribution is 2.03. The van der Waals surface area contributed by atoms with Gasteiger partial charge in [-0.05, 0) is 25.8 Å². The second-order valence-electron chi connectivity index (χ2n) is 4.37. The van der Waals surface area contributed by atoms with Gasteiger partial charge in [0.25, 0.3) is 0 Å². The molecular formula is C14H21NO3. The van der Waals surface area contributed by atoms with Crippen LogP contribution < -0.4 is 5.32 Å². The van der Waals surface area contributed by atoms with Crippen LogP contribution in [0.2, 0.25) is 0 Å². The molecule has 0 aromatic heterocycles. The standard InChI is InChI=1S/C14H21NO3/c1-11(16)8-9-15-14(17)12(2)18-10-13-6-4-3-5-7-13/h3-7,11-12,16H,8-10H2,1-2H3,(H,15,17). The van der Waals surface area contributed by atoms with E-state index in [1.807, 2.05) is 30.3 Å². The summed E-state index contributed by atoms with van der Waals surface area (Å²) in [4.78, 5) is 11.6. The Bertz CT molecular complexity index is 351. The van der Waals surface area contributed by atoms with Gasteiger partial charge < -0.3 is 15.2 Å². The molecule has 1 rings (SSSR count). The lowest BCUT2D eigenvalue weighted by molar-refractivity contribution is -0.132. The molecule has 0 heterocycles. The molecule has 4 nitrogen and oxygen atoms in total. The van der Waals surface area contributed by atoms with Crippen molar-refractivity contribution >= 4 is 5.91 Å². The van der Waals surface area contributed by atoms with Gasteiger partial charge >= 0.3 is 0 Å². The molecule has 0 fully saturated rings. The number of rotatable bonds is 7. The van der Waals surface area contributed by atoms with Gasteiger partial charge in [-0.3, -0.25) is 4.79 Å². The number of hydrogen-bond donors (Lipinski definition) is 2. The number of ether oxygens (including phenoxy) is 1. The van der Waals surface area contributed by atoms with Crippen molar-refractivity contribution < 1.29 is 14.6 Å². The molecule has 2 atom stereocenters. The summed E-state index contributed by atoms with van der Waals surface area (Å²) in [7, 11) is 0. The van der Waals surface area contributed by atoms with Crippen molar-refractivity contribution in [1.29, 1.82) is 0 Å². The normalized spacial score (nSPS) is 13.9. The number of nitrogens with one attached hydrogen (secondary N) is 1. The van der Waals surface area contributed by atoms with E-state index in [2.05, 4.69) is 5.32 Å². The number of aliphatic hydroxyl groups excluding tert-OH is 1. The summed E-state index contributed by atoms with van der Waals surface area (Å²) in [6.07, 6.45) is -0.331. The Kier molecular flexibility index (Phi) is 6.39. The van der Waals surface area contributed by atoms with E-state index >= 15 is 0 Å². The van der Waals surface area contributed by atoms with Crippen molar-refractivity contribution in [1.82, 2.24) is 5.32 Å². The van der Waals surface area contributed by atoms with Crippen LogP contribution >= 0.6 is 0 Å². The Balaban J connectivity index is 2.23. The lowest BCUT2D eigenvalue weighted by atomic mass is 10.2. The number of carbonyl (C=O) groups excluding carboxylic acids is 1. The van der Waals surface area contributed by atoms with Gasteiger partial charge in [-0.15, -0.1) is 0 Å². The van der Waals surface area contributed by atoms with Gasteiger partial charge in [0.05, 0.1) is 12.7 Å². The zero-order valence-corrected chi connectivity index (χ0v) is 10.9. The Morgan fingerprint density at radius 1 is 1.33 bits per heavy atom. The van der Waals surface area contributed by atoms with Gasteiger partial charge in [-0.1, -0.05) is 30.3 Å². The molecule has 1 amide bonds. The van der Waals surface area contributed by atoms with Crippen molar-refractivity contribution in [2.75, 3.05) is 6.54 Å². The number of hydrogen-bond acceptors (Lipinski definition) is 3. The third kappa shape index (κ3) is 5.80. The molecular weight excluding hydrogens is 230 g/mol. The van der Waals surface area contributed by atoms with Crippen molar-refractivity contribution in [3.05, 3.63) is 35.9 Å². The maximum atomic E-state index is 11.6. The molecule has 0 radical (unpaired) electrons. The zero-order valence-electron chi connectivity index (χ0n) is 10.9. The minimum atomic E-state index is -0.487. The summed E-state index contributed by atoms with van der Waals surface area (Å²) < 4.78 is 5.47. The predicted octanol–water partition coefficient (Wildman–Crippen LogP) is 1.48. The van der Waals surface area contributed by atoms with Crippen molar-refractivity contribution in [3.63, 3.8) is 0 Å². The maximum absolute atomic E-state index is 11.6. The molecule has 0 saturated carbocycles. The van der Waals surface area contributed by atoms with Gasteiger partial charge in [-0.2, -0.15) is 0 Å². The first kappa shape index (κ1) is 14.7. The molecule has 1 aromatic rings. The van der Waals surface area contributed by atoms with Crippen molar-refractivity contribution in [2.24, 2.45) is 0 Å². The first-order chi connectivity index (χ1) is 8.59. The fourth-order valence-electron chi connectivity index (χ4n) is 1.42. The monoisotopic (exact) mass is 251 g/mol. The largest absolute Gasteiger partial charge is 0.393 e. The number of carbonyl (C=O) groups is 1. The summed E-state index contributed by atoms with van der Waals surface area (Å²) >= 11 is 0. The van der Waals surface area contributed by atoms with Crippen molar-refractivity contribution in [2.45, 2.75) is 39.1 Å².